The zero-order chi connectivity index (χ0) is 12.4. The Labute approximate surface area is 107 Å². The predicted octanol–water partition coefficient (Wildman–Crippen LogP) is 3.80. The van der Waals surface area contributed by atoms with Crippen molar-refractivity contribution in [2.24, 2.45) is 5.92 Å². The number of halogens is 3. The Morgan fingerprint density at radius 1 is 1.24 bits per heavy atom. The van der Waals surface area contributed by atoms with Crippen LogP contribution in [0.4, 0.5) is 8.78 Å². The topological polar surface area (TPSA) is 18.5 Å². The van der Waals surface area contributed by atoms with Crippen LogP contribution >= 0.6 is 15.9 Å². The molecule has 1 aromatic carbocycles. The van der Waals surface area contributed by atoms with Crippen LogP contribution in [0.3, 0.4) is 0 Å². The van der Waals surface area contributed by atoms with Crippen molar-refractivity contribution in [1.82, 2.24) is 0 Å². The number of benzene rings is 1. The van der Waals surface area contributed by atoms with E-state index >= 15 is 0 Å². The van der Waals surface area contributed by atoms with Crippen LogP contribution in [0.5, 0.6) is 11.5 Å². The summed E-state index contributed by atoms with van der Waals surface area (Å²) in [6.45, 7) is 3.14. The van der Waals surface area contributed by atoms with Crippen molar-refractivity contribution in [2.75, 3.05) is 13.2 Å². The van der Waals surface area contributed by atoms with E-state index < -0.39 is 11.3 Å². The minimum atomic E-state index is -2.45. The average molecular weight is 307 g/mol. The molecule has 94 valence electrons. The van der Waals surface area contributed by atoms with Gasteiger partial charge in [0.1, 0.15) is 4.83 Å². The molecule has 2 rings (SSSR count). The first-order chi connectivity index (χ1) is 8.08. The summed E-state index contributed by atoms with van der Waals surface area (Å²) >= 11 is 2.96. The van der Waals surface area contributed by atoms with Crippen molar-refractivity contribution in [2.45, 2.75) is 18.2 Å². The van der Waals surface area contributed by atoms with Gasteiger partial charge < -0.3 is 9.47 Å². The van der Waals surface area contributed by atoms with Gasteiger partial charge in [0, 0.05) is 5.92 Å². The maximum atomic E-state index is 12.6. The van der Waals surface area contributed by atoms with Crippen molar-refractivity contribution < 1.29 is 18.3 Å². The molecular weight excluding hydrogens is 294 g/mol. The Morgan fingerprint density at radius 3 is 2.53 bits per heavy atom. The number of hydrogen-bond acceptors (Lipinski definition) is 2. The zero-order valence-corrected chi connectivity index (χ0v) is 10.9. The Balaban J connectivity index is 2.25. The Hall–Kier alpha value is -0.840. The molecule has 1 aromatic rings. The molecule has 0 fully saturated rings. The highest BCUT2D eigenvalue weighted by molar-refractivity contribution is 9.09. The SMILES string of the molecule is CC1COc2ccc(C(Br)C(F)F)cc2OC1. The van der Waals surface area contributed by atoms with Crippen molar-refractivity contribution in [3.8, 4) is 11.5 Å². The maximum Gasteiger partial charge on any atom is 0.255 e. The van der Waals surface area contributed by atoms with Gasteiger partial charge in [-0.1, -0.05) is 28.9 Å². The summed E-state index contributed by atoms with van der Waals surface area (Å²) < 4.78 is 36.2. The smallest absolute Gasteiger partial charge is 0.255 e. The van der Waals surface area contributed by atoms with Crippen LogP contribution in [0.25, 0.3) is 0 Å². The van der Waals surface area contributed by atoms with E-state index in [-0.39, 0.29) is 0 Å². The summed E-state index contributed by atoms with van der Waals surface area (Å²) in [5, 5.41) is 0. The summed E-state index contributed by atoms with van der Waals surface area (Å²) in [5.74, 6) is 1.45. The van der Waals surface area contributed by atoms with Crippen molar-refractivity contribution in [3.05, 3.63) is 23.8 Å². The third kappa shape index (κ3) is 2.89. The van der Waals surface area contributed by atoms with Crippen LogP contribution in [-0.4, -0.2) is 19.6 Å². The second-order valence-corrected chi connectivity index (χ2v) is 5.16. The van der Waals surface area contributed by atoms with Gasteiger partial charge in [0.05, 0.1) is 13.2 Å². The molecule has 0 spiro atoms. The van der Waals surface area contributed by atoms with Gasteiger partial charge in [0.2, 0.25) is 0 Å². The second kappa shape index (κ2) is 5.21. The normalized spacial score (nSPS) is 21.1. The molecule has 1 heterocycles. The molecular formula is C12H13BrF2O2. The van der Waals surface area contributed by atoms with E-state index in [4.69, 9.17) is 9.47 Å². The van der Waals surface area contributed by atoms with Crippen LogP contribution in [0.15, 0.2) is 18.2 Å². The molecule has 0 radical (unpaired) electrons. The van der Waals surface area contributed by atoms with Crippen LogP contribution in [0.2, 0.25) is 0 Å². The molecule has 0 saturated heterocycles. The summed E-state index contributed by atoms with van der Waals surface area (Å²) in [6.07, 6.45) is -2.45. The van der Waals surface area contributed by atoms with Gasteiger partial charge in [0.15, 0.2) is 11.5 Å². The van der Waals surface area contributed by atoms with Crippen molar-refractivity contribution >= 4 is 15.9 Å². The summed E-state index contributed by atoms with van der Waals surface area (Å²) in [7, 11) is 0. The highest BCUT2D eigenvalue weighted by atomic mass is 79.9. The molecule has 1 aliphatic heterocycles. The molecule has 0 saturated carbocycles. The van der Waals surface area contributed by atoms with Gasteiger partial charge in [-0.2, -0.15) is 0 Å². The summed E-state index contributed by atoms with van der Waals surface area (Å²) in [4.78, 5) is -0.975. The van der Waals surface area contributed by atoms with E-state index in [0.29, 0.717) is 36.2 Å². The van der Waals surface area contributed by atoms with Gasteiger partial charge in [-0.3, -0.25) is 0 Å². The lowest BCUT2D eigenvalue weighted by Crippen LogP contribution is -2.12. The fourth-order valence-corrected chi connectivity index (χ4v) is 1.87. The fraction of sp³-hybridized carbons (Fsp3) is 0.500. The van der Waals surface area contributed by atoms with Crippen molar-refractivity contribution in [3.63, 3.8) is 0 Å². The van der Waals surface area contributed by atoms with Crippen LogP contribution in [0.1, 0.15) is 17.3 Å². The molecule has 2 nitrogen and oxygen atoms in total. The lowest BCUT2D eigenvalue weighted by Gasteiger charge is -2.12. The van der Waals surface area contributed by atoms with Crippen LogP contribution in [0, 0.1) is 5.92 Å². The number of hydrogen-bond donors (Lipinski definition) is 0. The molecule has 0 bridgehead atoms. The standard InChI is InChI=1S/C12H13BrF2O2/c1-7-5-16-9-3-2-8(11(13)12(14)15)4-10(9)17-6-7/h2-4,7,11-12H,5-6H2,1H3. The van der Waals surface area contributed by atoms with E-state index in [9.17, 15) is 8.78 Å². The molecule has 5 heteroatoms. The lowest BCUT2D eigenvalue weighted by molar-refractivity contribution is 0.147. The number of alkyl halides is 3. The minimum absolute atomic E-state index is 0.292. The first kappa shape index (κ1) is 12.6. The van der Waals surface area contributed by atoms with Crippen LogP contribution < -0.4 is 9.47 Å². The lowest BCUT2D eigenvalue weighted by atomic mass is 10.1. The molecule has 2 atom stereocenters. The Kier molecular flexibility index (Phi) is 3.86. The first-order valence-corrected chi connectivity index (χ1v) is 6.31. The Bertz CT molecular complexity index is 398. The van der Waals surface area contributed by atoms with Gasteiger partial charge >= 0.3 is 0 Å². The molecule has 0 amide bonds. The third-order valence-corrected chi connectivity index (χ3v) is 3.48. The van der Waals surface area contributed by atoms with E-state index in [1.54, 1.807) is 18.2 Å². The van der Waals surface area contributed by atoms with E-state index in [1.807, 2.05) is 6.92 Å². The molecule has 0 aliphatic carbocycles. The number of ether oxygens (including phenoxy) is 2. The maximum absolute atomic E-state index is 12.6. The van der Waals surface area contributed by atoms with Gasteiger partial charge in [0.25, 0.3) is 6.43 Å². The summed E-state index contributed by atoms with van der Waals surface area (Å²) in [6, 6.07) is 4.92. The molecule has 1 aliphatic rings. The van der Waals surface area contributed by atoms with Gasteiger partial charge in [-0.05, 0) is 17.7 Å². The van der Waals surface area contributed by atoms with E-state index in [2.05, 4.69) is 15.9 Å². The minimum Gasteiger partial charge on any atom is -0.489 e. The first-order valence-electron chi connectivity index (χ1n) is 5.39. The highest BCUT2D eigenvalue weighted by Gasteiger charge is 2.22. The predicted molar refractivity (Wildman–Crippen MR) is 64.3 cm³/mol. The highest BCUT2D eigenvalue weighted by Crippen LogP contribution is 2.37. The van der Waals surface area contributed by atoms with Gasteiger partial charge in [-0.25, -0.2) is 8.78 Å². The largest absolute Gasteiger partial charge is 0.489 e. The van der Waals surface area contributed by atoms with E-state index in [0.717, 1.165) is 0 Å². The van der Waals surface area contributed by atoms with E-state index in [1.165, 1.54) is 0 Å². The average Bonchev–Trinajstić information content (AvgIpc) is 2.50. The Morgan fingerprint density at radius 2 is 1.88 bits per heavy atom. The number of rotatable bonds is 2. The quantitative estimate of drug-likeness (QED) is 0.774. The molecule has 17 heavy (non-hydrogen) atoms. The summed E-state index contributed by atoms with van der Waals surface area (Å²) in [5.41, 5.74) is 0.497. The zero-order valence-electron chi connectivity index (χ0n) is 9.33. The molecule has 2 unspecified atom stereocenters. The van der Waals surface area contributed by atoms with Gasteiger partial charge in [-0.15, -0.1) is 0 Å². The van der Waals surface area contributed by atoms with Crippen molar-refractivity contribution in [1.29, 1.82) is 0 Å². The number of fused-ring (bicyclic) bond motifs is 1. The second-order valence-electron chi connectivity index (χ2n) is 4.17. The monoisotopic (exact) mass is 306 g/mol. The fourth-order valence-electron chi connectivity index (χ4n) is 1.59. The third-order valence-electron chi connectivity index (χ3n) is 2.55. The molecule has 0 N–H and O–H groups in total. The van der Waals surface area contributed by atoms with Crippen LogP contribution in [-0.2, 0) is 0 Å². The molecule has 0 aromatic heterocycles.